The maximum Gasteiger partial charge on any atom is 0.0325 e. The Morgan fingerprint density at radius 2 is 2.00 bits per heavy atom. The molecule has 0 aliphatic heterocycles. The highest BCUT2D eigenvalue weighted by atomic mass is 14.9. The fourth-order valence-corrected chi connectivity index (χ4v) is 2.33. The van der Waals surface area contributed by atoms with Gasteiger partial charge in [0.2, 0.25) is 0 Å². The predicted octanol–water partition coefficient (Wildman–Crippen LogP) is 3.70. The van der Waals surface area contributed by atoms with Crippen LogP contribution in [0.25, 0.3) is 0 Å². The van der Waals surface area contributed by atoms with Crippen LogP contribution in [0.1, 0.15) is 51.3 Å². The van der Waals surface area contributed by atoms with Crippen molar-refractivity contribution >= 4 is 0 Å². The van der Waals surface area contributed by atoms with Gasteiger partial charge in [0.05, 0.1) is 0 Å². The molecule has 0 amide bonds. The summed E-state index contributed by atoms with van der Waals surface area (Å²) < 4.78 is 0. The topological polar surface area (TPSA) is 12.0 Å². The SMILES string of the molecule is C.CC(C)N[C@@H]1CCCc2ccccc21. The van der Waals surface area contributed by atoms with E-state index in [9.17, 15) is 0 Å². The Bertz CT molecular complexity index is 304. The third-order valence-electron chi connectivity index (χ3n) is 2.90. The summed E-state index contributed by atoms with van der Waals surface area (Å²) in [6.45, 7) is 4.44. The Morgan fingerprint density at radius 3 is 2.73 bits per heavy atom. The number of hydrogen-bond acceptors (Lipinski definition) is 1. The van der Waals surface area contributed by atoms with Crippen molar-refractivity contribution in [1.82, 2.24) is 5.32 Å². The first kappa shape index (κ1) is 12.3. The number of fused-ring (bicyclic) bond motifs is 1. The molecule has 0 radical (unpaired) electrons. The van der Waals surface area contributed by atoms with Gasteiger partial charge in [0.1, 0.15) is 0 Å². The molecule has 2 rings (SSSR count). The lowest BCUT2D eigenvalue weighted by molar-refractivity contribution is 0.423. The molecule has 1 nitrogen and oxygen atoms in total. The number of benzene rings is 1. The fourth-order valence-electron chi connectivity index (χ4n) is 2.33. The van der Waals surface area contributed by atoms with Gasteiger partial charge in [-0.05, 0) is 30.4 Å². The first-order chi connectivity index (χ1) is 6.77. The van der Waals surface area contributed by atoms with Crippen LogP contribution in [0.2, 0.25) is 0 Å². The van der Waals surface area contributed by atoms with E-state index in [1.807, 2.05) is 0 Å². The molecule has 1 aliphatic carbocycles. The molecule has 15 heavy (non-hydrogen) atoms. The van der Waals surface area contributed by atoms with Crippen LogP contribution in [0.5, 0.6) is 0 Å². The van der Waals surface area contributed by atoms with Crippen molar-refractivity contribution in [2.45, 2.75) is 52.6 Å². The van der Waals surface area contributed by atoms with Gasteiger partial charge >= 0.3 is 0 Å². The van der Waals surface area contributed by atoms with E-state index < -0.39 is 0 Å². The molecular weight excluding hydrogens is 182 g/mol. The van der Waals surface area contributed by atoms with Crippen LogP contribution in [0.4, 0.5) is 0 Å². The van der Waals surface area contributed by atoms with Crippen LogP contribution < -0.4 is 5.32 Å². The van der Waals surface area contributed by atoms with Gasteiger partial charge in [-0.3, -0.25) is 0 Å². The molecular formula is C14H23N. The van der Waals surface area contributed by atoms with Crippen molar-refractivity contribution in [3.05, 3.63) is 35.4 Å². The van der Waals surface area contributed by atoms with Crippen molar-refractivity contribution < 1.29 is 0 Å². The largest absolute Gasteiger partial charge is 0.308 e. The van der Waals surface area contributed by atoms with Crippen LogP contribution in [0, 0.1) is 0 Å². The van der Waals surface area contributed by atoms with Gasteiger partial charge in [-0.2, -0.15) is 0 Å². The zero-order chi connectivity index (χ0) is 9.97. The standard InChI is InChI=1S/C13H19N.CH4/c1-10(2)14-13-9-5-7-11-6-3-4-8-12(11)13;/h3-4,6,8,10,13-14H,5,7,9H2,1-2H3;1H4/t13-;/m1./s1. The normalized spacial score (nSPS) is 19.5. The first-order valence-electron chi connectivity index (χ1n) is 5.61. The van der Waals surface area contributed by atoms with Crippen molar-refractivity contribution in [1.29, 1.82) is 0 Å². The summed E-state index contributed by atoms with van der Waals surface area (Å²) in [6, 6.07) is 10.00. The summed E-state index contributed by atoms with van der Waals surface area (Å²) in [4.78, 5) is 0. The van der Waals surface area contributed by atoms with Crippen LogP contribution in [-0.2, 0) is 6.42 Å². The molecule has 0 aromatic heterocycles. The fraction of sp³-hybridized carbons (Fsp3) is 0.571. The lowest BCUT2D eigenvalue weighted by atomic mass is 9.87. The van der Waals surface area contributed by atoms with E-state index in [1.54, 1.807) is 0 Å². The Balaban J connectivity index is 0.00000112. The van der Waals surface area contributed by atoms with Crippen LogP contribution >= 0.6 is 0 Å². The van der Waals surface area contributed by atoms with E-state index in [2.05, 4.69) is 43.4 Å². The number of nitrogens with one attached hydrogen (secondary N) is 1. The zero-order valence-electron chi connectivity index (χ0n) is 9.09. The van der Waals surface area contributed by atoms with E-state index in [0.29, 0.717) is 12.1 Å². The second-order valence-electron chi connectivity index (χ2n) is 4.46. The average Bonchev–Trinajstić information content (AvgIpc) is 2.18. The molecule has 0 saturated carbocycles. The highest BCUT2D eigenvalue weighted by Crippen LogP contribution is 2.29. The summed E-state index contributed by atoms with van der Waals surface area (Å²) in [5.41, 5.74) is 3.06. The molecule has 0 spiro atoms. The summed E-state index contributed by atoms with van der Waals surface area (Å²) in [6.07, 6.45) is 3.86. The Hall–Kier alpha value is -0.820. The second-order valence-corrected chi connectivity index (χ2v) is 4.46. The van der Waals surface area contributed by atoms with Crippen molar-refractivity contribution in [3.63, 3.8) is 0 Å². The molecule has 1 heteroatoms. The molecule has 0 saturated heterocycles. The minimum Gasteiger partial charge on any atom is -0.308 e. The van der Waals surface area contributed by atoms with E-state index >= 15 is 0 Å². The summed E-state index contributed by atoms with van der Waals surface area (Å²) >= 11 is 0. The van der Waals surface area contributed by atoms with Gasteiger partial charge in [0.25, 0.3) is 0 Å². The monoisotopic (exact) mass is 205 g/mol. The molecule has 1 N–H and O–H groups in total. The Labute approximate surface area is 93.9 Å². The molecule has 84 valence electrons. The molecule has 1 aromatic carbocycles. The van der Waals surface area contributed by atoms with Gasteiger partial charge in [0.15, 0.2) is 0 Å². The number of rotatable bonds is 2. The molecule has 1 aromatic rings. The molecule has 0 unspecified atom stereocenters. The summed E-state index contributed by atoms with van der Waals surface area (Å²) in [5.74, 6) is 0. The van der Waals surface area contributed by atoms with Gasteiger partial charge in [0, 0.05) is 12.1 Å². The Morgan fingerprint density at radius 1 is 1.27 bits per heavy atom. The zero-order valence-corrected chi connectivity index (χ0v) is 9.09. The highest BCUT2D eigenvalue weighted by molar-refractivity contribution is 5.32. The lowest BCUT2D eigenvalue weighted by Gasteiger charge is -2.28. The molecule has 1 aliphatic rings. The maximum atomic E-state index is 3.64. The third kappa shape index (κ3) is 2.82. The molecule has 0 bridgehead atoms. The third-order valence-corrected chi connectivity index (χ3v) is 2.90. The number of aryl methyl sites for hydroxylation is 1. The van der Waals surface area contributed by atoms with E-state index in [0.717, 1.165) is 0 Å². The van der Waals surface area contributed by atoms with Gasteiger partial charge in [-0.1, -0.05) is 45.5 Å². The minimum atomic E-state index is 0. The quantitative estimate of drug-likeness (QED) is 0.776. The van der Waals surface area contributed by atoms with Gasteiger partial charge in [-0.25, -0.2) is 0 Å². The predicted molar refractivity (Wildman–Crippen MR) is 67.1 cm³/mol. The van der Waals surface area contributed by atoms with Gasteiger partial charge in [-0.15, -0.1) is 0 Å². The Kier molecular flexibility index (Phi) is 4.34. The molecule has 0 heterocycles. The van der Waals surface area contributed by atoms with E-state index in [4.69, 9.17) is 0 Å². The smallest absolute Gasteiger partial charge is 0.0325 e. The number of hydrogen-bond donors (Lipinski definition) is 1. The van der Waals surface area contributed by atoms with Gasteiger partial charge < -0.3 is 5.32 Å². The average molecular weight is 205 g/mol. The van der Waals surface area contributed by atoms with Crippen LogP contribution in [0.3, 0.4) is 0 Å². The summed E-state index contributed by atoms with van der Waals surface area (Å²) in [7, 11) is 0. The van der Waals surface area contributed by atoms with Crippen molar-refractivity contribution in [2.24, 2.45) is 0 Å². The van der Waals surface area contributed by atoms with Crippen LogP contribution in [-0.4, -0.2) is 6.04 Å². The van der Waals surface area contributed by atoms with Crippen molar-refractivity contribution in [3.8, 4) is 0 Å². The lowest BCUT2D eigenvalue weighted by Crippen LogP contribution is -2.30. The minimum absolute atomic E-state index is 0. The maximum absolute atomic E-state index is 3.64. The van der Waals surface area contributed by atoms with Crippen molar-refractivity contribution in [2.75, 3.05) is 0 Å². The summed E-state index contributed by atoms with van der Waals surface area (Å²) in [5, 5.41) is 3.64. The second kappa shape index (κ2) is 5.32. The van der Waals surface area contributed by atoms with E-state index in [-0.39, 0.29) is 7.43 Å². The van der Waals surface area contributed by atoms with E-state index in [1.165, 1.54) is 30.4 Å². The highest BCUT2D eigenvalue weighted by Gasteiger charge is 2.19. The molecule has 1 atom stereocenters. The first-order valence-corrected chi connectivity index (χ1v) is 5.61. The van der Waals surface area contributed by atoms with Crippen LogP contribution in [0.15, 0.2) is 24.3 Å². The molecule has 0 fully saturated rings.